The molecule has 1 aliphatic rings. The molecule has 124 valence electrons. The number of hydrogen-bond donors (Lipinski definition) is 1. The Bertz CT molecular complexity index is 436. The number of hydrogen-bond acceptors (Lipinski definition) is 4. The lowest BCUT2D eigenvalue weighted by Gasteiger charge is -2.30. The molecule has 0 spiro atoms. The van der Waals surface area contributed by atoms with E-state index in [4.69, 9.17) is 4.74 Å². The van der Waals surface area contributed by atoms with Crippen LogP contribution in [0.1, 0.15) is 31.7 Å². The SMILES string of the molecule is C[C@H]1CCCN(CCCOc2ccccc2CNN(C)C)C1. The van der Waals surface area contributed by atoms with E-state index in [1.165, 1.54) is 31.5 Å². The van der Waals surface area contributed by atoms with Crippen LogP contribution in [0, 0.1) is 5.92 Å². The molecular weight excluding hydrogens is 274 g/mol. The van der Waals surface area contributed by atoms with E-state index >= 15 is 0 Å². The first-order valence-corrected chi connectivity index (χ1v) is 8.49. The zero-order chi connectivity index (χ0) is 15.8. The van der Waals surface area contributed by atoms with Crippen LogP contribution in [-0.2, 0) is 6.54 Å². The van der Waals surface area contributed by atoms with Crippen molar-refractivity contribution in [1.82, 2.24) is 15.3 Å². The molecule has 0 aromatic heterocycles. The molecule has 0 radical (unpaired) electrons. The Morgan fingerprint density at radius 1 is 1.32 bits per heavy atom. The van der Waals surface area contributed by atoms with E-state index in [-0.39, 0.29) is 0 Å². The Morgan fingerprint density at radius 3 is 2.91 bits per heavy atom. The number of para-hydroxylation sites is 1. The van der Waals surface area contributed by atoms with Crippen molar-refractivity contribution in [2.24, 2.45) is 5.92 Å². The first-order valence-electron chi connectivity index (χ1n) is 8.49. The smallest absolute Gasteiger partial charge is 0.123 e. The van der Waals surface area contributed by atoms with Gasteiger partial charge in [0.05, 0.1) is 6.61 Å². The molecule has 22 heavy (non-hydrogen) atoms. The number of nitrogens with zero attached hydrogens (tertiary/aromatic N) is 2. The molecule has 1 atom stereocenters. The van der Waals surface area contributed by atoms with Gasteiger partial charge >= 0.3 is 0 Å². The average Bonchev–Trinajstić information content (AvgIpc) is 2.50. The standard InChI is InChI=1S/C18H31N3O/c1-16-8-6-11-21(15-16)12-7-13-22-18-10-5-4-9-17(18)14-19-20(2)3/h4-5,9-10,16,19H,6-8,11-15H2,1-3H3/t16-/m0/s1. The number of rotatable bonds is 8. The summed E-state index contributed by atoms with van der Waals surface area (Å²) < 4.78 is 6.00. The maximum absolute atomic E-state index is 6.00. The second-order valence-electron chi connectivity index (χ2n) is 6.59. The fraction of sp³-hybridized carbons (Fsp3) is 0.667. The Morgan fingerprint density at radius 2 is 2.14 bits per heavy atom. The number of ether oxygens (including phenoxy) is 1. The molecule has 1 saturated heterocycles. The molecule has 4 nitrogen and oxygen atoms in total. The molecule has 0 unspecified atom stereocenters. The van der Waals surface area contributed by atoms with E-state index in [0.29, 0.717) is 0 Å². The summed E-state index contributed by atoms with van der Waals surface area (Å²) in [4.78, 5) is 2.58. The Kier molecular flexibility index (Phi) is 7.16. The average molecular weight is 305 g/mol. The zero-order valence-corrected chi connectivity index (χ0v) is 14.3. The second-order valence-corrected chi connectivity index (χ2v) is 6.59. The van der Waals surface area contributed by atoms with Crippen molar-refractivity contribution in [3.8, 4) is 5.75 Å². The highest BCUT2D eigenvalue weighted by Gasteiger charge is 2.15. The largest absolute Gasteiger partial charge is 0.493 e. The minimum atomic E-state index is 0.795. The summed E-state index contributed by atoms with van der Waals surface area (Å²) in [5.41, 5.74) is 4.51. The highest BCUT2D eigenvalue weighted by Crippen LogP contribution is 2.19. The van der Waals surface area contributed by atoms with Crippen LogP contribution in [0.15, 0.2) is 24.3 Å². The lowest BCUT2D eigenvalue weighted by molar-refractivity contribution is 0.169. The summed E-state index contributed by atoms with van der Waals surface area (Å²) >= 11 is 0. The van der Waals surface area contributed by atoms with E-state index in [2.05, 4.69) is 35.4 Å². The minimum Gasteiger partial charge on any atom is -0.493 e. The fourth-order valence-corrected chi connectivity index (χ4v) is 2.99. The minimum absolute atomic E-state index is 0.795. The van der Waals surface area contributed by atoms with Crippen molar-refractivity contribution < 1.29 is 4.74 Å². The molecule has 0 aliphatic carbocycles. The molecular formula is C18H31N3O. The van der Waals surface area contributed by atoms with Gasteiger partial charge in [-0.25, -0.2) is 0 Å². The summed E-state index contributed by atoms with van der Waals surface area (Å²) in [6.45, 7) is 7.62. The van der Waals surface area contributed by atoms with Gasteiger partial charge in [-0.15, -0.1) is 0 Å². The second kappa shape index (κ2) is 9.13. The van der Waals surface area contributed by atoms with Gasteiger partial charge in [-0.3, -0.25) is 10.4 Å². The van der Waals surface area contributed by atoms with Gasteiger partial charge in [0.25, 0.3) is 0 Å². The van der Waals surface area contributed by atoms with Crippen LogP contribution in [0.3, 0.4) is 0 Å². The predicted molar refractivity (Wildman–Crippen MR) is 91.9 cm³/mol. The van der Waals surface area contributed by atoms with Crippen molar-refractivity contribution in [1.29, 1.82) is 0 Å². The molecule has 1 aliphatic heterocycles. The van der Waals surface area contributed by atoms with E-state index in [1.807, 2.05) is 25.2 Å². The molecule has 1 N–H and O–H groups in total. The van der Waals surface area contributed by atoms with Crippen molar-refractivity contribution in [2.45, 2.75) is 32.7 Å². The first-order chi connectivity index (χ1) is 10.6. The van der Waals surface area contributed by atoms with E-state index in [0.717, 1.165) is 37.8 Å². The first kappa shape index (κ1) is 17.3. The molecule has 1 heterocycles. The maximum atomic E-state index is 6.00. The van der Waals surface area contributed by atoms with E-state index < -0.39 is 0 Å². The van der Waals surface area contributed by atoms with Gasteiger partial charge in [0.1, 0.15) is 5.75 Å². The van der Waals surface area contributed by atoms with Crippen LogP contribution in [0.25, 0.3) is 0 Å². The van der Waals surface area contributed by atoms with Crippen molar-refractivity contribution in [2.75, 3.05) is 40.3 Å². The molecule has 1 aromatic carbocycles. The molecule has 0 bridgehead atoms. The van der Waals surface area contributed by atoms with E-state index in [9.17, 15) is 0 Å². The van der Waals surface area contributed by atoms with Crippen LogP contribution in [0.4, 0.5) is 0 Å². The molecule has 4 heteroatoms. The molecule has 0 saturated carbocycles. The van der Waals surface area contributed by atoms with Crippen molar-refractivity contribution in [3.63, 3.8) is 0 Å². The zero-order valence-electron chi connectivity index (χ0n) is 14.3. The van der Waals surface area contributed by atoms with Crippen LogP contribution in [-0.4, -0.2) is 50.2 Å². The predicted octanol–water partition coefficient (Wildman–Crippen LogP) is 2.75. The summed E-state index contributed by atoms with van der Waals surface area (Å²) in [6.07, 6.45) is 3.84. The number of hydrazine groups is 1. The number of benzene rings is 1. The summed E-state index contributed by atoms with van der Waals surface area (Å²) in [7, 11) is 4.01. The van der Waals surface area contributed by atoms with Crippen LogP contribution in [0.2, 0.25) is 0 Å². The quantitative estimate of drug-likeness (QED) is 0.590. The number of piperidine rings is 1. The van der Waals surface area contributed by atoms with Gasteiger partial charge in [-0.05, 0) is 37.8 Å². The Balaban J connectivity index is 1.72. The summed E-state index contributed by atoms with van der Waals surface area (Å²) in [6, 6.07) is 8.29. The van der Waals surface area contributed by atoms with Gasteiger partial charge < -0.3 is 9.64 Å². The normalized spacial score (nSPS) is 19.5. The van der Waals surface area contributed by atoms with Gasteiger partial charge in [-0.2, -0.15) is 0 Å². The summed E-state index contributed by atoms with van der Waals surface area (Å²) in [5, 5.41) is 1.97. The monoisotopic (exact) mass is 305 g/mol. The Hall–Kier alpha value is -1.10. The Labute approximate surface area is 135 Å². The van der Waals surface area contributed by atoms with Gasteiger partial charge in [0.15, 0.2) is 0 Å². The fourth-order valence-electron chi connectivity index (χ4n) is 2.99. The molecule has 1 aromatic rings. The highest BCUT2D eigenvalue weighted by atomic mass is 16.5. The highest BCUT2D eigenvalue weighted by molar-refractivity contribution is 5.33. The molecule has 2 rings (SSSR count). The molecule has 1 fully saturated rings. The van der Waals surface area contributed by atoms with Gasteiger partial charge in [-0.1, -0.05) is 25.1 Å². The lowest BCUT2D eigenvalue weighted by atomic mass is 10.0. The van der Waals surface area contributed by atoms with E-state index in [1.54, 1.807) is 0 Å². The van der Waals surface area contributed by atoms with Crippen LogP contribution < -0.4 is 10.2 Å². The lowest BCUT2D eigenvalue weighted by Crippen LogP contribution is -2.35. The third-order valence-corrected chi connectivity index (χ3v) is 4.18. The number of nitrogens with one attached hydrogen (secondary N) is 1. The van der Waals surface area contributed by atoms with Gasteiger partial charge in [0.2, 0.25) is 0 Å². The molecule has 0 amide bonds. The number of likely N-dealkylation sites (tertiary alicyclic amines) is 1. The van der Waals surface area contributed by atoms with Crippen LogP contribution >= 0.6 is 0 Å². The maximum Gasteiger partial charge on any atom is 0.123 e. The third kappa shape index (κ3) is 5.95. The third-order valence-electron chi connectivity index (χ3n) is 4.18. The summed E-state index contributed by atoms with van der Waals surface area (Å²) in [5.74, 6) is 1.86. The van der Waals surface area contributed by atoms with Crippen LogP contribution in [0.5, 0.6) is 5.75 Å². The van der Waals surface area contributed by atoms with Gasteiger partial charge in [0, 0.05) is 39.3 Å². The van der Waals surface area contributed by atoms with Crippen molar-refractivity contribution >= 4 is 0 Å². The van der Waals surface area contributed by atoms with Crippen molar-refractivity contribution in [3.05, 3.63) is 29.8 Å². The topological polar surface area (TPSA) is 27.7 Å².